The monoisotopic (exact) mass is 220 g/mol. The Balaban J connectivity index is 1.92. The standard InChI is InChI=1S/C11H16N4O/c1-8(16)6-12-10-5-11(14-7-13-10)15-9-3-2-4-9/h5,7,9H,2-4,6H2,1H3,(H2,12,13,14,15). The largest absolute Gasteiger partial charge is 0.367 e. The molecule has 0 unspecified atom stereocenters. The molecule has 2 rings (SSSR count). The molecule has 0 bridgehead atoms. The summed E-state index contributed by atoms with van der Waals surface area (Å²) in [5, 5.41) is 6.28. The first-order valence-electron chi connectivity index (χ1n) is 5.56. The Morgan fingerprint density at radius 2 is 2.19 bits per heavy atom. The van der Waals surface area contributed by atoms with E-state index < -0.39 is 0 Å². The summed E-state index contributed by atoms with van der Waals surface area (Å²) in [6.07, 6.45) is 5.21. The summed E-state index contributed by atoms with van der Waals surface area (Å²) in [4.78, 5) is 19.0. The van der Waals surface area contributed by atoms with Crippen LogP contribution in [0.3, 0.4) is 0 Å². The summed E-state index contributed by atoms with van der Waals surface area (Å²) in [5.41, 5.74) is 0. The van der Waals surface area contributed by atoms with Crippen LogP contribution in [0.1, 0.15) is 26.2 Å². The summed E-state index contributed by atoms with van der Waals surface area (Å²) in [7, 11) is 0. The molecule has 86 valence electrons. The van der Waals surface area contributed by atoms with Crippen molar-refractivity contribution in [3.05, 3.63) is 12.4 Å². The van der Waals surface area contributed by atoms with E-state index >= 15 is 0 Å². The second-order valence-corrected chi connectivity index (χ2v) is 4.12. The molecule has 0 aromatic carbocycles. The van der Waals surface area contributed by atoms with Crippen LogP contribution < -0.4 is 10.6 Å². The fraction of sp³-hybridized carbons (Fsp3) is 0.545. The fourth-order valence-electron chi connectivity index (χ4n) is 1.51. The molecule has 5 heteroatoms. The number of Topliss-reactive ketones (excluding diaryl/α,β-unsaturated/α-hetero) is 1. The lowest BCUT2D eigenvalue weighted by molar-refractivity contribution is -0.115. The van der Waals surface area contributed by atoms with Crippen molar-refractivity contribution in [3.63, 3.8) is 0 Å². The Labute approximate surface area is 94.7 Å². The van der Waals surface area contributed by atoms with Gasteiger partial charge in [-0.1, -0.05) is 0 Å². The van der Waals surface area contributed by atoms with Crippen LogP contribution in [0.15, 0.2) is 12.4 Å². The molecule has 1 fully saturated rings. The van der Waals surface area contributed by atoms with Crippen LogP contribution in [-0.2, 0) is 4.79 Å². The molecule has 5 nitrogen and oxygen atoms in total. The van der Waals surface area contributed by atoms with E-state index in [1.807, 2.05) is 6.07 Å². The number of hydrogen-bond acceptors (Lipinski definition) is 5. The molecule has 0 saturated heterocycles. The zero-order chi connectivity index (χ0) is 11.4. The predicted octanol–water partition coefficient (Wildman–Crippen LogP) is 1.44. The van der Waals surface area contributed by atoms with Crippen molar-refractivity contribution in [2.75, 3.05) is 17.2 Å². The van der Waals surface area contributed by atoms with Gasteiger partial charge in [0.1, 0.15) is 23.7 Å². The van der Waals surface area contributed by atoms with Crippen LogP contribution in [0, 0.1) is 0 Å². The number of anilines is 2. The van der Waals surface area contributed by atoms with E-state index in [9.17, 15) is 4.79 Å². The first kappa shape index (κ1) is 10.9. The van der Waals surface area contributed by atoms with Gasteiger partial charge in [0.05, 0.1) is 6.54 Å². The maximum absolute atomic E-state index is 10.8. The lowest BCUT2D eigenvalue weighted by atomic mass is 9.93. The predicted molar refractivity (Wildman–Crippen MR) is 62.5 cm³/mol. The van der Waals surface area contributed by atoms with Gasteiger partial charge in [0.2, 0.25) is 0 Å². The molecular formula is C11H16N4O. The van der Waals surface area contributed by atoms with Crippen molar-refractivity contribution in [3.8, 4) is 0 Å². The van der Waals surface area contributed by atoms with Crippen molar-refractivity contribution in [2.24, 2.45) is 0 Å². The van der Waals surface area contributed by atoms with E-state index in [2.05, 4.69) is 20.6 Å². The fourth-order valence-corrected chi connectivity index (χ4v) is 1.51. The molecule has 0 atom stereocenters. The maximum Gasteiger partial charge on any atom is 0.148 e. The molecule has 2 N–H and O–H groups in total. The van der Waals surface area contributed by atoms with Crippen LogP contribution >= 0.6 is 0 Å². The topological polar surface area (TPSA) is 66.9 Å². The summed E-state index contributed by atoms with van der Waals surface area (Å²) >= 11 is 0. The molecule has 0 aliphatic heterocycles. The highest BCUT2D eigenvalue weighted by Gasteiger charge is 2.17. The molecule has 1 aromatic heterocycles. The Bertz CT molecular complexity index is 376. The quantitative estimate of drug-likeness (QED) is 0.786. The van der Waals surface area contributed by atoms with Crippen LogP contribution in [0.25, 0.3) is 0 Å². The number of hydrogen-bond donors (Lipinski definition) is 2. The number of nitrogens with zero attached hydrogens (tertiary/aromatic N) is 2. The van der Waals surface area contributed by atoms with Gasteiger partial charge in [-0.3, -0.25) is 4.79 Å². The number of rotatable bonds is 5. The average molecular weight is 220 g/mol. The third-order valence-electron chi connectivity index (χ3n) is 2.64. The van der Waals surface area contributed by atoms with Gasteiger partial charge >= 0.3 is 0 Å². The molecule has 1 aliphatic carbocycles. The van der Waals surface area contributed by atoms with Gasteiger partial charge < -0.3 is 10.6 Å². The van der Waals surface area contributed by atoms with E-state index in [4.69, 9.17) is 0 Å². The number of carbonyl (C=O) groups is 1. The number of nitrogens with one attached hydrogen (secondary N) is 2. The van der Waals surface area contributed by atoms with Gasteiger partial charge in [-0.05, 0) is 26.2 Å². The van der Waals surface area contributed by atoms with E-state index in [1.54, 1.807) is 6.92 Å². The third-order valence-corrected chi connectivity index (χ3v) is 2.64. The smallest absolute Gasteiger partial charge is 0.148 e. The minimum absolute atomic E-state index is 0.0899. The van der Waals surface area contributed by atoms with Crippen LogP contribution in [0.5, 0.6) is 0 Å². The Morgan fingerprint density at radius 3 is 2.81 bits per heavy atom. The van der Waals surface area contributed by atoms with Crippen LogP contribution in [-0.4, -0.2) is 28.3 Å². The second kappa shape index (κ2) is 4.92. The van der Waals surface area contributed by atoms with Crippen molar-refractivity contribution < 1.29 is 4.79 Å². The number of carbonyl (C=O) groups excluding carboxylic acids is 1. The highest BCUT2D eigenvalue weighted by atomic mass is 16.1. The van der Waals surface area contributed by atoms with E-state index in [0.717, 1.165) is 5.82 Å². The van der Waals surface area contributed by atoms with E-state index in [1.165, 1.54) is 25.6 Å². The van der Waals surface area contributed by atoms with Crippen molar-refractivity contribution >= 4 is 17.4 Å². The molecule has 1 aromatic rings. The Hall–Kier alpha value is -1.65. The minimum Gasteiger partial charge on any atom is -0.367 e. The highest BCUT2D eigenvalue weighted by molar-refractivity contribution is 5.80. The molecule has 16 heavy (non-hydrogen) atoms. The lowest BCUT2D eigenvalue weighted by Gasteiger charge is -2.26. The van der Waals surface area contributed by atoms with Gasteiger partial charge in [-0.2, -0.15) is 0 Å². The zero-order valence-electron chi connectivity index (χ0n) is 9.36. The maximum atomic E-state index is 10.8. The van der Waals surface area contributed by atoms with Gasteiger partial charge in [0, 0.05) is 12.1 Å². The first-order valence-corrected chi connectivity index (χ1v) is 5.56. The zero-order valence-corrected chi connectivity index (χ0v) is 9.36. The van der Waals surface area contributed by atoms with Gasteiger partial charge in [-0.15, -0.1) is 0 Å². The van der Waals surface area contributed by atoms with Crippen molar-refractivity contribution in [2.45, 2.75) is 32.2 Å². The van der Waals surface area contributed by atoms with Crippen LogP contribution in [0.2, 0.25) is 0 Å². The molecule has 0 radical (unpaired) electrons. The van der Waals surface area contributed by atoms with Crippen LogP contribution in [0.4, 0.5) is 11.6 Å². The van der Waals surface area contributed by atoms with Gasteiger partial charge in [-0.25, -0.2) is 9.97 Å². The van der Waals surface area contributed by atoms with Crippen molar-refractivity contribution in [1.29, 1.82) is 0 Å². The second-order valence-electron chi connectivity index (χ2n) is 4.12. The van der Waals surface area contributed by atoms with E-state index in [-0.39, 0.29) is 5.78 Å². The highest BCUT2D eigenvalue weighted by Crippen LogP contribution is 2.22. The van der Waals surface area contributed by atoms with Crippen molar-refractivity contribution in [1.82, 2.24) is 9.97 Å². The SMILES string of the molecule is CC(=O)CNc1cc(NC2CCC2)ncn1. The Kier molecular flexibility index (Phi) is 3.34. The molecular weight excluding hydrogens is 204 g/mol. The summed E-state index contributed by atoms with van der Waals surface area (Å²) in [6.45, 7) is 1.85. The van der Waals surface area contributed by atoms with E-state index in [0.29, 0.717) is 18.4 Å². The normalized spacial score (nSPS) is 15.3. The molecule has 1 aliphatic rings. The molecule has 0 spiro atoms. The minimum atomic E-state index is 0.0899. The van der Waals surface area contributed by atoms with Gasteiger partial charge in [0.15, 0.2) is 0 Å². The molecule has 0 amide bonds. The number of ketones is 1. The number of aromatic nitrogens is 2. The summed E-state index contributed by atoms with van der Waals surface area (Å²) in [6, 6.07) is 2.39. The summed E-state index contributed by atoms with van der Waals surface area (Å²) < 4.78 is 0. The van der Waals surface area contributed by atoms with Gasteiger partial charge in [0.25, 0.3) is 0 Å². The Morgan fingerprint density at radius 1 is 1.44 bits per heavy atom. The third kappa shape index (κ3) is 2.92. The average Bonchev–Trinajstić information content (AvgIpc) is 2.21. The lowest BCUT2D eigenvalue weighted by Crippen LogP contribution is -2.27. The molecule has 1 heterocycles. The molecule has 1 saturated carbocycles. The summed E-state index contributed by atoms with van der Waals surface area (Å²) in [5.74, 6) is 1.60. The first-order chi connectivity index (χ1) is 7.74.